The summed E-state index contributed by atoms with van der Waals surface area (Å²) in [5.41, 5.74) is 1.18. The van der Waals surface area contributed by atoms with Gasteiger partial charge in [-0.2, -0.15) is 0 Å². The second kappa shape index (κ2) is 1.59. The van der Waals surface area contributed by atoms with Crippen LogP contribution in [0.4, 0.5) is 0 Å². The van der Waals surface area contributed by atoms with Crippen LogP contribution in [0, 0.1) is 0 Å². The van der Waals surface area contributed by atoms with Crippen LogP contribution < -0.4 is 0 Å². The first kappa shape index (κ1) is 5.03. The Morgan fingerprint density at radius 1 is 1.56 bits per heavy atom. The molecule has 2 heterocycles. The topological polar surface area (TPSA) is 15.6 Å². The first-order valence-electron chi connectivity index (χ1n) is 3.36. The summed E-state index contributed by atoms with van der Waals surface area (Å²) in [6.07, 6.45) is 2.43. The maximum atomic E-state index is 4.32. The van der Waals surface area contributed by atoms with Crippen molar-refractivity contribution in [1.82, 2.24) is 4.90 Å². The minimum absolute atomic E-state index is 0.843. The number of nitrogens with zero attached hydrogens (tertiary/aromatic N) is 2. The van der Waals surface area contributed by atoms with E-state index in [9.17, 15) is 0 Å². The first-order valence-corrected chi connectivity index (χ1v) is 3.36. The van der Waals surface area contributed by atoms with Crippen LogP contribution in [-0.4, -0.2) is 23.8 Å². The van der Waals surface area contributed by atoms with Crippen LogP contribution in [0.1, 0.15) is 12.8 Å². The minimum Gasteiger partial charge on any atom is -0.333 e. The average Bonchev–Trinajstić information content (AvgIpc) is 2.35. The van der Waals surface area contributed by atoms with Crippen LogP contribution in [0.2, 0.25) is 0 Å². The maximum Gasteiger partial charge on any atom is 0.104 e. The van der Waals surface area contributed by atoms with E-state index >= 15 is 0 Å². The molecular weight excluding hydrogens is 112 g/mol. The smallest absolute Gasteiger partial charge is 0.104 e. The number of rotatable bonds is 0. The van der Waals surface area contributed by atoms with Crippen molar-refractivity contribution in [2.45, 2.75) is 12.8 Å². The molecule has 2 aliphatic heterocycles. The lowest BCUT2D eigenvalue weighted by Crippen LogP contribution is -2.18. The van der Waals surface area contributed by atoms with Crippen molar-refractivity contribution in [1.29, 1.82) is 0 Å². The Morgan fingerprint density at radius 2 is 2.44 bits per heavy atom. The lowest BCUT2D eigenvalue weighted by atomic mass is 10.4. The van der Waals surface area contributed by atoms with Crippen molar-refractivity contribution in [3.05, 3.63) is 12.3 Å². The number of hydrogen-bond donors (Lipinski definition) is 0. The van der Waals surface area contributed by atoms with E-state index in [-0.39, 0.29) is 0 Å². The lowest BCUT2D eigenvalue weighted by molar-refractivity contribution is 0.572. The highest BCUT2D eigenvalue weighted by Crippen LogP contribution is 2.21. The molecule has 0 N–H and O–H groups in total. The molecule has 9 heavy (non-hydrogen) atoms. The molecule has 0 bridgehead atoms. The fraction of sp³-hybridized carbons (Fsp3) is 0.571. The molecule has 1 fully saturated rings. The van der Waals surface area contributed by atoms with E-state index in [0.717, 1.165) is 13.1 Å². The van der Waals surface area contributed by atoms with Crippen molar-refractivity contribution < 1.29 is 0 Å². The van der Waals surface area contributed by atoms with Gasteiger partial charge in [0.25, 0.3) is 0 Å². The standard InChI is InChI=1S/C7H10N2/c1-6-5-8-7-3-2-4-9(6)7/h1-5H2. The van der Waals surface area contributed by atoms with E-state index in [0.29, 0.717) is 0 Å². The van der Waals surface area contributed by atoms with Crippen LogP contribution in [0.5, 0.6) is 0 Å². The SMILES string of the molecule is C=C1CN=C2CCCN12. The summed E-state index contributed by atoms with van der Waals surface area (Å²) in [5.74, 6) is 1.26. The Kier molecular flexibility index (Phi) is 0.891. The van der Waals surface area contributed by atoms with Crippen molar-refractivity contribution in [3.8, 4) is 0 Å². The molecule has 2 nitrogen and oxygen atoms in total. The molecular formula is C7H10N2. The van der Waals surface area contributed by atoms with Crippen molar-refractivity contribution in [2.24, 2.45) is 4.99 Å². The average molecular weight is 122 g/mol. The number of amidine groups is 1. The van der Waals surface area contributed by atoms with E-state index in [2.05, 4.69) is 16.5 Å². The molecule has 2 aliphatic rings. The molecule has 0 saturated carbocycles. The molecule has 0 aromatic rings. The third kappa shape index (κ3) is 0.590. The van der Waals surface area contributed by atoms with Crippen LogP contribution in [0.15, 0.2) is 17.3 Å². The van der Waals surface area contributed by atoms with Gasteiger partial charge in [-0.25, -0.2) is 0 Å². The zero-order chi connectivity index (χ0) is 6.27. The zero-order valence-corrected chi connectivity index (χ0v) is 5.43. The molecule has 2 heteroatoms. The van der Waals surface area contributed by atoms with E-state index in [1.54, 1.807) is 0 Å². The molecule has 0 unspecified atom stereocenters. The summed E-state index contributed by atoms with van der Waals surface area (Å²) in [6.45, 7) is 5.90. The van der Waals surface area contributed by atoms with E-state index < -0.39 is 0 Å². The van der Waals surface area contributed by atoms with Gasteiger partial charge in [0.15, 0.2) is 0 Å². The summed E-state index contributed by atoms with van der Waals surface area (Å²) in [6, 6.07) is 0. The van der Waals surface area contributed by atoms with Gasteiger partial charge in [0.05, 0.1) is 6.54 Å². The molecule has 0 aliphatic carbocycles. The third-order valence-corrected chi connectivity index (χ3v) is 1.92. The second-order valence-corrected chi connectivity index (χ2v) is 2.55. The molecule has 48 valence electrons. The third-order valence-electron chi connectivity index (χ3n) is 1.92. The summed E-state index contributed by atoms with van der Waals surface area (Å²) >= 11 is 0. The molecule has 0 atom stereocenters. The van der Waals surface area contributed by atoms with Crippen LogP contribution >= 0.6 is 0 Å². The normalized spacial score (nSPS) is 24.7. The Labute approximate surface area is 54.9 Å². The predicted molar refractivity (Wildman–Crippen MR) is 37.4 cm³/mol. The molecule has 0 amide bonds. The lowest BCUT2D eigenvalue weighted by Gasteiger charge is -2.11. The monoisotopic (exact) mass is 122 g/mol. The van der Waals surface area contributed by atoms with Gasteiger partial charge in [-0.1, -0.05) is 6.58 Å². The van der Waals surface area contributed by atoms with Crippen molar-refractivity contribution >= 4 is 5.84 Å². The summed E-state index contributed by atoms with van der Waals surface area (Å²) in [5, 5.41) is 0. The minimum atomic E-state index is 0.843. The molecule has 0 spiro atoms. The van der Waals surface area contributed by atoms with Gasteiger partial charge in [-0.15, -0.1) is 0 Å². The number of aliphatic imine (C=N–C) groups is 1. The zero-order valence-electron chi connectivity index (χ0n) is 5.43. The number of hydrogen-bond acceptors (Lipinski definition) is 2. The van der Waals surface area contributed by atoms with Crippen LogP contribution in [0.3, 0.4) is 0 Å². The van der Waals surface area contributed by atoms with Gasteiger partial charge < -0.3 is 4.90 Å². The number of fused-ring (bicyclic) bond motifs is 1. The summed E-state index contributed by atoms with van der Waals surface area (Å²) < 4.78 is 0. The Hall–Kier alpha value is -0.790. The van der Waals surface area contributed by atoms with E-state index in [4.69, 9.17) is 0 Å². The van der Waals surface area contributed by atoms with Gasteiger partial charge in [-0.3, -0.25) is 4.99 Å². The fourth-order valence-electron chi connectivity index (χ4n) is 1.43. The largest absolute Gasteiger partial charge is 0.333 e. The Bertz CT molecular complexity index is 181. The van der Waals surface area contributed by atoms with Gasteiger partial charge in [0.1, 0.15) is 5.84 Å². The Morgan fingerprint density at radius 3 is 3.22 bits per heavy atom. The van der Waals surface area contributed by atoms with Gasteiger partial charge in [0, 0.05) is 18.7 Å². The highest BCUT2D eigenvalue weighted by Gasteiger charge is 2.24. The van der Waals surface area contributed by atoms with Crippen molar-refractivity contribution in [2.75, 3.05) is 13.1 Å². The van der Waals surface area contributed by atoms with Gasteiger partial charge in [0.2, 0.25) is 0 Å². The quantitative estimate of drug-likeness (QED) is 0.468. The highest BCUT2D eigenvalue weighted by atomic mass is 15.3. The highest BCUT2D eigenvalue weighted by molar-refractivity contribution is 5.87. The summed E-state index contributed by atoms with van der Waals surface area (Å²) in [7, 11) is 0. The van der Waals surface area contributed by atoms with E-state index in [1.807, 2.05) is 0 Å². The second-order valence-electron chi connectivity index (χ2n) is 2.55. The molecule has 1 saturated heterocycles. The predicted octanol–water partition coefficient (Wildman–Crippen LogP) is 1.01. The fourth-order valence-corrected chi connectivity index (χ4v) is 1.43. The van der Waals surface area contributed by atoms with Gasteiger partial charge in [-0.05, 0) is 6.42 Å². The van der Waals surface area contributed by atoms with Crippen LogP contribution in [-0.2, 0) is 0 Å². The first-order chi connectivity index (χ1) is 4.38. The van der Waals surface area contributed by atoms with Crippen LogP contribution in [0.25, 0.3) is 0 Å². The Balaban J connectivity index is 2.28. The molecule has 0 aromatic carbocycles. The molecule has 2 rings (SSSR count). The maximum absolute atomic E-state index is 4.32. The molecule has 0 radical (unpaired) electrons. The summed E-state index contributed by atoms with van der Waals surface area (Å²) in [4.78, 5) is 6.56. The van der Waals surface area contributed by atoms with Crippen molar-refractivity contribution in [3.63, 3.8) is 0 Å². The molecule has 0 aromatic heterocycles. The van der Waals surface area contributed by atoms with Gasteiger partial charge >= 0.3 is 0 Å². The van der Waals surface area contributed by atoms with E-state index in [1.165, 1.54) is 24.4 Å².